The molecular formula is C18H25IN4OS. The number of halogens is 1. The molecule has 25 heavy (non-hydrogen) atoms. The van der Waals surface area contributed by atoms with E-state index in [4.69, 9.17) is 0 Å². The molecule has 0 saturated carbocycles. The molecule has 0 aliphatic heterocycles. The predicted octanol–water partition coefficient (Wildman–Crippen LogP) is 3.00. The van der Waals surface area contributed by atoms with Crippen LogP contribution >= 0.6 is 35.3 Å². The molecule has 0 saturated heterocycles. The third-order valence-electron chi connectivity index (χ3n) is 3.42. The van der Waals surface area contributed by atoms with Gasteiger partial charge in [-0.25, -0.2) is 4.99 Å². The van der Waals surface area contributed by atoms with E-state index in [9.17, 15) is 4.79 Å². The summed E-state index contributed by atoms with van der Waals surface area (Å²) in [5.41, 5.74) is 2.36. The van der Waals surface area contributed by atoms with E-state index in [-0.39, 0.29) is 36.4 Å². The van der Waals surface area contributed by atoms with Crippen LogP contribution < -0.4 is 10.6 Å². The lowest BCUT2D eigenvalue weighted by Crippen LogP contribution is -2.42. The molecule has 0 radical (unpaired) electrons. The first-order valence-electron chi connectivity index (χ1n) is 7.85. The smallest absolute Gasteiger partial charge is 0.241 e. The molecule has 1 heterocycles. The Labute approximate surface area is 170 Å². The van der Waals surface area contributed by atoms with Crippen LogP contribution in [0.2, 0.25) is 0 Å². The molecule has 0 atom stereocenters. The molecule has 2 aromatic rings. The maximum Gasteiger partial charge on any atom is 0.241 e. The zero-order valence-electron chi connectivity index (χ0n) is 14.8. The van der Waals surface area contributed by atoms with E-state index >= 15 is 0 Å². The summed E-state index contributed by atoms with van der Waals surface area (Å²) in [5.74, 6) is 0.649. The van der Waals surface area contributed by atoms with Gasteiger partial charge in [-0.1, -0.05) is 35.9 Å². The normalized spacial score (nSPS) is 10.8. The van der Waals surface area contributed by atoms with Crippen LogP contribution in [-0.2, 0) is 17.9 Å². The van der Waals surface area contributed by atoms with Crippen LogP contribution in [0.4, 0.5) is 0 Å². The summed E-state index contributed by atoms with van der Waals surface area (Å²) in [6.07, 6.45) is 0. The minimum absolute atomic E-state index is 0. The molecule has 0 spiro atoms. The average Bonchev–Trinajstić information content (AvgIpc) is 3.07. The van der Waals surface area contributed by atoms with Gasteiger partial charge in [0, 0.05) is 19.0 Å². The standard InChI is InChI=1S/C18H24N4OS.HI/c1-14-6-4-7-15(10-14)11-19-18(21-13-17(23)22(2)3)20-12-16-8-5-9-24-16;/h4-10H,11-13H2,1-3H3,(H2,19,20,21);1H. The molecule has 0 fully saturated rings. The van der Waals surface area contributed by atoms with Crippen molar-refractivity contribution < 1.29 is 4.79 Å². The van der Waals surface area contributed by atoms with Crippen molar-refractivity contribution >= 4 is 47.2 Å². The molecule has 1 aromatic heterocycles. The van der Waals surface area contributed by atoms with E-state index in [0.29, 0.717) is 19.0 Å². The lowest BCUT2D eigenvalue weighted by atomic mass is 10.1. The first-order valence-corrected chi connectivity index (χ1v) is 8.73. The molecule has 0 aliphatic carbocycles. The molecule has 0 aliphatic rings. The third-order valence-corrected chi connectivity index (χ3v) is 4.29. The van der Waals surface area contributed by atoms with Gasteiger partial charge in [-0.15, -0.1) is 35.3 Å². The van der Waals surface area contributed by atoms with Gasteiger partial charge in [0.2, 0.25) is 5.91 Å². The molecule has 0 bridgehead atoms. The van der Waals surface area contributed by atoms with Crippen molar-refractivity contribution in [3.63, 3.8) is 0 Å². The van der Waals surface area contributed by atoms with Crippen LogP contribution in [0, 0.1) is 6.92 Å². The van der Waals surface area contributed by atoms with Gasteiger partial charge in [0.15, 0.2) is 5.96 Å². The van der Waals surface area contributed by atoms with Crippen LogP contribution in [0.3, 0.4) is 0 Å². The number of carbonyl (C=O) groups is 1. The fourth-order valence-electron chi connectivity index (χ4n) is 2.06. The highest BCUT2D eigenvalue weighted by Crippen LogP contribution is 2.08. The van der Waals surface area contributed by atoms with Crippen LogP contribution in [0.15, 0.2) is 46.8 Å². The van der Waals surface area contributed by atoms with E-state index < -0.39 is 0 Å². The molecule has 0 unspecified atom stereocenters. The number of nitrogens with zero attached hydrogens (tertiary/aromatic N) is 2. The van der Waals surface area contributed by atoms with Gasteiger partial charge < -0.3 is 15.5 Å². The van der Waals surface area contributed by atoms with Gasteiger partial charge in [0.05, 0.1) is 19.6 Å². The maximum atomic E-state index is 11.8. The summed E-state index contributed by atoms with van der Waals surface area (Å²) in [4.78, 5) is 19.2. The number of nitrogens with one attached hydrogen (secondary N) is 2. The van der Waals surface area contributed by atoms with Crippen LogP contribution in [0.25, 0.3) is 0 Å². The van der Waals surface area contributed by atoms with Crippen molar-refractivity contribution in [2.75, 3.05) is 20.6 Å². The number of hydrogen-bond donors (Lipinski definition) is 2. The fraction of sp³-hybridized carbons (Fsp3) is 0.333. The second kappa shape index (κ2) is 11.1. The lowest BCUT2D eigenvalue weighted by Gasteiger charge is -2.14. The summed E-state index contributed by atoms with van der Waals surface area (Å²) in [6, 6.07) is 12.4. The second-order valence-electron chi connectivity index (χ2n) is 5.73. The molecule has 2 rings (SSSR count). The van der Waals surface area contributed by atoms with Crippen molar-refractivity contribution in [2.45, 2.75) is 20.0 Å². The molecule has 1 aromatic carbocycles. The Balaban J connectivity index is 0.00000312. The number of carbonyl (C=O) groups excluding carboxylic acids is 1. The Hall–Kier alpha value is -1.61. The van der Waals surface area contributed by atoms with Crippen molar-refractivity contribution in [1.29, 1.82) is 0 Å². The Morgan fingerprint density at radius 1 is 1.20 bits per heavy atom. The number of hydrogen-bond acceptors (Lipinski definition) is 3. The first kappa shape index (κ1) is 21.4. The van der Waals surface area contributed by atoms with Gasteiger partial charge in [-0.3, -0.25) is 4.79 Å². The minimum atomic E-state index is 0. The molecule has 2 N–H and O–H groups in total. The summed E-state index contributed by atoms with van der Waals surface area (Å²) >= 11 is 1.69. The van der Waals surface area contributed by atoms with E-state index in [1.807, 2.05) is 17.5 Å². The van der Waals surface area contributed by atoms with Crippen molar-refractivity contribution in [1.82, 2.24) is 15.5 Å². The Kier molecular flexibility index (Phi) is 9.51. The third kappa shape index (κ3) is 7.87. The Morgan fingerprint density at radius 3 is 2.64 bits per heavy atom. The van der Waals surface area contributed by atoms with E-state index in [2.05, 4.69) is 46.8 Å². The van der Waals surface area contributed by atoms with Crippen LogP contribution in [0.1, 0.15) is 16.0 Å². The number of aryl methyl sites for hydroxylation is 1. The minimum Gasteiger partial charge on any atom is -0.351 e. The SMILES string of the molecule is Cc1cccc(CN=C(NCC(=O)N(C)C)NCc2cccs2)c1.I. The topological polar surface area (TPSA) is 56.7 Å². The lowest BCUT2D eigenvalue weighted by molar-refractivity contribution is -0.127. The highest BCUT2D eigenvalue weighted by molar-refractivity contribution is 14.0. The Bertz CT molecular complexity index is 686. The predicted molar refractivity (Wildman–Crippen MR) is 116 cm³/mol. The molecule has 5 nitrogen and oxygen atoms in total. The number of likely N-dealkylation sites (N-methyl/N-ethyl adjacent to an activating group) is 1. The quantitative estimate of drug-likeness (QED) is 0.386. The fourth-order valence-corrected chi connectivity index (χ4v) is 2.70. The second-order valence-corrected chi connectivity index (χ2v) is 6.76. The number of guanidine groups is 1. The van der Waals surface area contributed by atoms with Crippen molar-refractivity contribution in [2.24, 2.45) is 4.99 Å². The Morgan fingerprint density at radius 2 is 2.00 bits per heavy atom. The monoisotopic (exact) mass is 472 g/mol. The van der Waals surface area contributed by atoms with Crippen LogP contribution in [0.5, 0.6) is 0 Å². The highest BCUT2D eigenvalue weighted by atomic mass is 127. The van der Waals surface area contributed by atoms with Gasteiger partial charge >= 0.3 is 0 Å². The summed E-state index contributed by atoms with van der Waals surface area (Å²) < 4.78 is 0. The number of aliphatic imine (C=N–C) groups is 1. The average molecular weight is 472 g/mol. The molecular weight excluding hydrogens is 447 g/mol. The van der Waals surface area contributed by atoms with E-state index in [0.717, 1.165) is 5.56 Å². The molecule has 1 amide bonds. The number of rotatable bonds is 6. The first-order chi connectivity index (χ1) is 11.5. The van der Waals surface area contributed by atoms with Crippen molar-refractivity contribution in [3.05, 3.63) is 57.8 Å². The summed E-state index contributed by atoms with van der Waals surface area (Å²) in [5, 5.41) is 8.43. The van der Waals surface area contributed by atoms with Gasteiger partial charge in [-0.2, -0.15) is 0 Å². The highest BCUT2D eigenvalue weighted by Gasteiger charge is 2.06. The van der Waals surface area contributed by atoms with Gasteiger partial charge in [0.25, 0.3) is 0 Å². The zero-order valence-corrected chi connectivity index (χ0v) is 17.9. The number of thiophene rings is 1. The summed E-state index contributed by atoms with van der Waals surface area (Å²) in [6.45, 7) is 3.54. The molecule has 136 valence electrons. The zero-order chi connectivity index (χ0) is 17.4. The largest absolute Gasteiger partial charge is 0.351 e. The van der Waals surface area contributed by atoms with Crippen molar-refractivity contribution in [3.8, 4) is 0 Å². The number of amides is 1. The number of benzene rings is 1. The van der Waals surface area contributed by atoms with Gasteiger partial charge in [-0.05, 0) is 23.9 Å². The van der Waals surface area contributed by atoms with Gasteiger partial charge in [0.1, 0.15) is 0 Å². The van der Waals surface area contributed by atoms with Crippen LogP contribution in [-0.4, -0.2) is 37.4 Å². The molecule has 7 heteroatoms. The maximum absolute atomic E-state index is 11.8. The van der Waals surface area contributed by atoms with E-state index in [1.165, 1.54) is 10.4 Å². The summed E-state index contributed by atoms with van der Waals surface area (Å²) in [7, 11) is 3.49. The van der Waals surface area contributed by atoms with E-state index in [1.54, 1.807) is 30.3 Å².